The Balaban J connectivity index is 1.60. The van der Waals surface area contributed by atoms with E-state index in [1.165, 1.54) is 13.3 Å². The first-order valence-electron chi connectivity index (χ1n) is 9.64. The van der Waals surface area contributed by atoms with Gasteiger partial charge in [-0.3, -0.25) is 20.4 Å². The molecule has 0 spiro atoms. The molecule has 3 aromatic rings. The number of unbranched alkanes of at least 4 members (excludes halogenated alkanes) is 1. The fraction of sp³-hybridized carbons (Fsp3) is 0.227. The molecule has 1 aromatic heterocycles. The Morgan fingerprint density at radius 3 is 2.43 bits per heavy atom. The zero-order chi connectivity index (χ0) is 21.3. The van der Waals surface area contributed by atoms with E-state index in [-0.39, 0.29) is 0 Å². The summed E-state index contributed by atoms with van der Waals surface area (Å²) in [6, 6.07) is 14.3. The van der Waals surface area contributed by atoms with Crippen molar-refractivity contribution in [2.24, 2.45) is 0 Å². The number of hydrazine groups is 1. The van der Waals surface area contributed by atoms with Crippen molar-refractivity contribution in [3.05, 3.63) is 72.1 Å². The van der Waals surface area contributed by atoms with Gasteiger partial charge in [0.25, 0.3) is 11.8 Å². The molecule has 0 atom stereocenters. The number of benzene rings is 2. The molecular weight excluding hydrogens is 384 g/mol. The van der Waals surface area contributed by atoms with Gasteiger partial charge < -0.3 is 9.47 Å². The van der Waals surface area contributed by atoms with E-state index < -0.39 is 11.8 Å². The van der Waals surface area contributed by atoms with Gasteiger partial charge in [-0.2, -0.15) is 5.10 Å². The largest absolute Gasteiger partial charge is 0.493 e. The molecule has 0 bridgehead atoms. The molecule has 0 unspecified atom stereocenters. The van der Waals surface area contributed by atoms with E-state index in [1.54, 1.807) is 29.1 Å². The van der Waals surface area contributed by atoms with Crippen LogP contribution in [0.2, 0.25) is 0 Å². The minimum atomic E-state index is -0.475. The number of carbonyl (C=O) groups excluding carboxylic acids is 2. The molecule has 30 heavy (non-hydrogen) atoms. The lowest BCUT2D eigenvalue weighted by Crippen LogP contribution is -2.41. The lowest BCUT2D eigenvalue weighted by Gasteiger charge is -2.12. The fourth-order valence-electron chi connectivity index (χ4n) is 2.67. The predicted octanol–water partition coefficient (Wildman–Crippen LogP) is 3.13. The van der Waals surface area contributed by atoms with Crippen molar-refractivity contribution in [1.82, 2.24) is 20.6 Å². The van der Waals surface area contributed by atoms with E-state index in [0.29, 0.717) is 29.2 Å². The highest BCUT2D eigenvalue weighted by atomic mass is 16.5. The third-order valence-electron chi connectivity index (χ3n) is 4.34. The molecule has 8 heteroatoms. The lowest BCUT2D eigenvalue weighted by atomic mass is 10.2. The smallest absolute Gasteiger partial charge is 0.272 e. The van der Waals surface area contributed by atoms with E-state index in [0.717, 1.165) is 18.5 Å². The molecule has 2 aromatic carbocycles. The van der Waals surface area contributed by atoms with Gasteiger partial charge in [0, 0.05) is 11.8 Å². The van der Waals surface area contributed by atoms with Crippen LogP contribution in [0.25, 0.3) is 5.69 Å². The van der Waals surface area contributed by atoms with Gasteiger partial charge in [0.05, 0.1) is 31.2 Å². The third kappa shape index (κ3) is 5.16. The van der Waals surface area contributed by atoms with Gasteiger partial charge in [-0.1, -0.05) is 31.5 Å². The summed E-state index contributed by atoms with van der Waals surface area (Å²) in [6.07, 6.45) is 4.97. The van der Waals surface area contributed by atoms with E-state index >= 15 is 0 Å². The molecule has 8 nitrogen and oxygen atoms in total. The van der Waals surface area contributed by atoms with Gasteiger partial charge in [-0.05, 0) is 36.8 Å². The molecule has 2 amide bonds. The molecule has 0 saturated carbocycles. The number of methoxy groups -OCH3 is 1. The minimum absolute atomic E-state index is 0.316. The van der Waals surface area contributed by atoms with Crippen LogP contribution in [0.15, 0.2) is 60.9 Å². The first-order valence-corrected chi connectivity index (χ1v) is 9.64. The minimum Gasteiger partial charge on any atom is -0.493 e. The van der Waals surface area contributed by atoms with Gasteiger partial charge in [0.1, 0.15) is 0 Å². The number of aromatic nitrogens is 2. The summed E-state index contributed by atoms with van der Waals surface area (Å²) >= 11 is 0. The first kappa shape index (κ1) is 20.9. The van der Waals surface area contributed by atoms with Crippen molar-refractivity contribution in [1.29, 1.82) is 0 Å². The van der Waals surface area contributed by atoms with Crippen LogP contribution in [-0.4, -0.2) is 35.3 Å². The number of nitrogens with one attached hydrogen (secondary N) is 2. The van der Waals surface area contributed by atoms with Crippen LogP contribution in [0.4, 0.5) is 0 Å². The Morgan fingerprint density at radius 1 is 1.00 bits per heavy atom. The van der Waals surface area contributed by atoms with Crippen LogP contribution < -0.4 is 20.3 Å². The van der Waals surface area contributed by atoms with Crippen LogP contribution in [0.1, 0.15) is 40.5 Å². The Kier molecular flexibility index (Phi) is 7.05. The monoisotopic (exact) mass is 408 g/mol. The molecule has 0 saturated heterocycles. The summed E-state index contributed by atoms with van der Waals surface area (Å²) in [6.45, 7) is 2.65. The highest BCUT2D eigenvalue weighted by molar-refractivity contribution is 5.99. The van der Waals surface area contributed by atoms with Crippen molar-refractivity contribution < 1.29 is 19.1 Å². The normalized spacial score (nSPS) is 10.3. The molecule has 0 aliphatic carbocycles. The first-order chi connectivity index (χ1) is 14.6. The van der Waals surface area contributed by atoms with E-state index in [1.807, 2.05) is 30.3 Å². The summed E-state index contributed by atoms with van der Waals surface area (Å²) in [4.78, 5) is 24.7. The van der Waals surface area contributed by atoms with Crippen molar-refractivity contribution in [2.75, 3.05) is 13.7 Å². The van der Waals surface area contributed by atoms with Crippen molar-refractivity contribution in [2.45, 2.75) is 19.8 Å². The molecule has 156 valence electrons. The van der Waals surface area contributed by atoms with Crippen LogP contribution >= 0.6 is 0 Å². The second-order valence-electron chi connectivity index (χ2n) is 6.49. The maximum absolute atomic E-state index is 12.4. The molecular formula is C22H24N4O4. The number of ether oxygens (including phenoxy) is 2. The number of amides is 2. The quantitative estimate of drug-likeness (QED) is 0.441. The number of carbonyl (C=O) groups is 2. The topological polar surface area (TPSA) is 94.5 Å². The Bertz CT molecular complexity index is 1000. The van der Waals surface area contributed by atoms with Gasteiger partial charge in [-0.25, -0.2) is 4.68 Å². The average Bonchev–Trinajstić information content (AvgIpc) is 3.28. The standard InChI is InChI=1S/C22H24N4O4/c1-3-4-12-30-19-11-10-16(13-20(19)29-2)21(27)24-25-22(28)17-14-23-26(15-17)18-8-6-5-7-9-18/h5-11,13-15H,3-4,12H2,1-2H3,(H,24,27)(H,25,28). The van der Waals surface area contributed by atoms with Crippen molar-refractivity contribution >= 4 is 11.8 Å². The van der Waals surface area contributed by atoms with Gasteiger partial charge in [0.2, 0.25) is 0 Å². The third-order valence-corrected chi connectivity index (χ3v) is 4.34. The number of rotatable bonds is 8. The second-order valence-corrected chi connectivity index (χ2v) is 6.49. The summed E-state index contributed by atoms with van der Waals surface area (Å²) in [7, 11) is 1.51. The Hall–Kier alpha value is -3.81. The maximum Gasteiger partial charge on any atom is 0.272 e. The summed E-state index contributed by atoms with van der Waals surface area (Å²) < 4.78 is 12.5. The maximum atomic E-state index is 12.4. The molecule has 0 fully saturated rings. The molecule has 0 aliphatic rings. The number of hydrogen-bond acceptors (Lipinski definition) is 5. The van der Waals surface area contributed by atoms with Crippen LogP contribution in [-0.2, 0) is 0 Å². The zero-order valence-corrected chi connectivity index (χ0v) is 16.9. The number of para-hydroxylation sites is 1. The van der Waals surface area contributed by atoms with Crippen molar-refractivity contribution in [3.8, 4) is 17.2 Å². The van der Waals surface area contributed by atoms with Crippen LogP contribution in [0, 0.1) is 0 Å². The molecule has 1 heterocycles. The van der Waals surface area contributed by atoms with E-state index in [2.05, 4.69) is 22.9 Å². The summed E-state index contributed by atoms with van der Waals surface area (Å²) in [5.41, 5.74) is 6.26. The van der Waals surface area contributed by atoms with Gasteiger partial charge in [-0.15, -0.1) is 0 Å². The fourth-order valence-corrected chi connectivity index (χ4v) is 2.67. The molecule has 3 rings (SSSR count). The Labute approximate surface area is 174 Å². The van der Waals surface area contributed by atoms with E-state index in [9.17, 15) is 9.59 Å². The molecule has 0 aliphatic heterocycles. The predicted molar refractivity (Wildman–Crippen MR) is 112 cm³/mol. The SMILES string of the molecule is CCCCOc1ccc(C(=O)NNC(=O)c2cnn(-c3ccccc3)c2)cc1OC. The van der Waals surface area contributed by atoms with Crippen LogP contribution in [0.3, 0.4) is 0 Å². The summed E-state index contributed by atoms with van der Waals surface area (Å²) in [5.74, 6) is 0.0725. The van der Waals surface area contributed by atoms with Gasteiger partial charge >= 0.3 is 0 Å². The van der Waals surface area contributed by atoms with Crippen LogP contribution in [0.5, 0.6) is 11.5 Å². The second kappa shape index (κ2) is 10.1. The highest BCUT2D eigenvalue weighted by Gasteiger charge is 2.14. The van der Waals surface area contributed by atoms with Crippen molar-refractivity contribution in [3.63, 3.8) is 0 Å². The average molecular weight is 408 g/mol. The molecule has 2 N–H and O–H groups in total. The molecule has 0 radical (unpaired) electrons. The van der Waals surface area contributed by atoms with E-state index in [4.69, 9.17) is 9.47 Å². The number of hydrogen-bond donors (Lipinski definition) is 2. The zero-order valence-electron chi connectivity index (χ0n) is 16.9. The van der Waals surface area contributed by atoms with Gasteiger partial charge in [0.15, 0.2) is 11.5 Å². The lowest BCUT2D eigenvalue weighted by molar-refractivity contribution is 0.0846. The number of nitrogens with zero attached hydrogens (tertiary/aromatic N) is 2. The highest BCUT2D eigenvalue weighted by Crippen LogP contribution is 2.28. The summed E-state index contributed by atoms with van der Waals surface area (Å²) in [5, 5.41) is 4.17. The Morgan fingerprint density at radius 2 is 1.73 bits per heavy atom.